The van der Waals surface area contributed by atoms with Crippen molar-refractivity contribution < 1.29 is 13.6 Å². The van der Waals surface area contributed by atoms with Gasteiger partial charge in [-0.05, 0) is 31.2 Å². The summed E-state index contributed by atoms with van der Waals surface area (Å²) in [6, 6.07) is 6.79. The van der Waals surface area contributed by atoms with Crippen LogP contribution < -0.4 is 10.9 Å². The van der Waals surface area contributed by atoms with Crippen molar-refractivity contribution in [2.24, 2.45) is 0 Å². The first-order valence-electron chi connectivity index (χ1n) is 5.02. The molecule has 88 valence electrons. The molecule has 0 atom stereocenters. The Morgan fingerprint density at radius 1 is 1.24 bits per heavy atom. The van der Waals surface area contributed by atoms with E-state index < -0.39 is 0 Å². The highest BCUT2D eigenvalue weighted by Gasteiger charge is 2.09. The molecule has 1 amide bonds. The molecular formula is C12H12N2O3. The molecule has 5 heteroatoms. The van der Waals surface area contributed by atoms with Crippen LogP contribution in [0.2, 0.25) is 0 Å². The maximum Gasteiger partial charge on any atom is 0.305 e. The molecule has 0 saturated carbocycles. The van der Waals surface area contributed by atoms with Crippen LogP contribution in [0.5, 0.6) is 0 Å². The molecule has 2 aromatic heterocycles. The molecule has 0 aromatic carbocycles. The minimum Gasteiger partial charge on any atom is -0.460 e. The number of carbonyl (C=O) groups excluding carboxylic acids is 1. The fourth-order valence-corrected chi connectivity index (χ4v) is 1.26. The number of hydrazine groups is 1. The van der Waals surface area contributed by atoms with E-state index in [1.54, 1.807) is 18.2 Å². The lowest BCUT2D eigenvalue weighted by Crippen LogP contribution is -2.35. The molecule has 0 bridgehead atoms. The number of aryl methyl sites for hydroxylation is 1. The van der Waals surface area contributed by atoms with Gasteiger partial charge in [0.25, 0.3) is 0 Å². The van der Waals surface area contributed by atoms with Crippen molar-refractivity contribution >= 4 is 11.6 Å². The summed E-state index contributed by atoms with van der Waals surface area (Å²) in [5.41, 5.74) is 5.57. The lowest BCUT2D eigenvalue weighted by molar-refractivity contribution is 0.0914. The average Bonchev–Trinajstić information content (AvgIpc) is 2.95. The molecule has 2 heterocycles. The highest BCUT2D eigenvalue weighted by Crippen LogP contribution is 2.12. The first-order chi connectivity index (χ1) is 8.16. The van der Waals surface area contributed by atoms with Crippen molar-refractivity contribution in [2.75, 3.05) is 0 Å². The molecule has 17 heavy (non-hydrogen) atoms. The SMILES string of the molecule is C=C(NNC(=O)c1ccco1)c1ccc(C)o1. The Hall–Kier alpha value is -2.43. The first-order valence-corrected chi connectivity index (χ1v) is 5.02. The molecule has 0 aliphatic rings. The number of amides is 1. The van der Waals surface area contributed by atoms with Gasteiger partial charge in [0.1, 0.15) is 5.76 Å². The number of carbonyl (C=O) groups is 1. The van der Waals surface area contributed by atoms with Crippen LogP contribution in [0.1, 0.15) is 22.1 Å². The molecule has 2 aromatic rings. The van der Waals surface area contributed by atoms with Crippen LogP contribution in [-0.2, 0) is 0 Å². The minimum absolute atomic E-state index is 0.223. The van der Waals surface area contributed by atoms with Gasteiger partial charge in [0.15, 0.2) is 11.5 Å². The first kappa shape index (κ1) is 11.1. The summed E-state index contributed by atoms with van der Waals surface area (Å²) in [6.45, 7) is 5.57. The van der Waals surface area contributed by atoms with E-state index >= 15 is 0 Å². The van der Waals surface area contributed by atoms with E-state index in [0.717, 1.165) is 5.76 Å². The summed E-state index contributed by atoms with van der Waals surface area (Å²) in [7, 11) is 0. The van der Waals surface area contributed by atoms with Gasteiger partial charge in [0.05, 0.1) is 12.0 Å². The molecule has 0 saturated heterocycles. The Labute approximate surface area is 98.1 Å². The van der Waals surface area contributed by atoms with Crippen molar-refractivity contribution in [3.05, 3.63) is 54.4 Å². The summed E-state index contributed by atoms with van der Waals surface area (Å²) in [6.07, 6.45) is 1.43. The van der Waals surface area contributed by atoms with Gasteiger partial charge in [0, 0.05) is 0 Å². The zero-order valence-electron chi connectivity index (χ0n) is 9.32. The number of furan rings is 2. The van der Waals surface area contributed by atoms with Crippen molar-refractivity contribution in [3.63, 3.8) is 0 Å². The van der Waals surface area contributed by atoms with Gasteiger partial charge >= 0.3 is 5.91 Å². The summed E-state index contributed by atoms with van der Waals surface area (Å²) in [4.78, 5) is 11.5. The topological polar surface area (TPSA) is 67.4 Å². The minimum atomic E-state index is -0.376. The second-order valence-corrected chi connectivity index (χ2v) is 3.45. The summed E-state index contributed by atoms with van der Waals surface area (Å²) >= 11 is 0. The van der Waals surface area contributed by atoms with Crippen molar-refractivity contribution in [1.82, 2.24) is 10.9 Å². The normalized spacial score (nSPS) is 9.94. The van der Waals surface area contributed by atoms with Gasteiger partial charge in [-0.2, -0.15) is 0 Å². The maximum absolute atomic E-state index is 11.5. The molecule has 0 unspecified atom stereocenters. The third kappa shape index (κ3) is 2.57. The second-order valence-electron chi connectivity index (χ2n) is 3.45. The Balaban J connectivity index is 1.91. The van der Waals surface area contributed by atoms with Crippen LogP contribution >= 0.6 is 0 Å². The Morgan fingerprint density at radius 2 is 2.06 bits per heavy atom. The molecule has 2 N–H and O–H groups in total. The van der Waals surface area contributed by atoms with Crippen LogP contribution in [0.25, 0.3) is 5.70 Å². The van der Waals surface area contributed by atoms with E-state index in [0.29, 0.717) is 11.5 Å². The summed E-state index contributed by atoms with van der Waals surface area (Å²) < 4.78 is 10.3. The maximum atomic E-state index is 11.5. The number of rotatable bonds is 4. The van der Waals surface area contributed by atoms with Gasteiger partial charge in [0.2, 0.25) is 0 Å². The Kier molecular flexibility index (Phi) is 3.00. The number of nitrogens with one attached hydrogen (secondary N) is 2. The monoisotopic (exact) mass is 232 g/mol. The van der Waals surface area contributed by atoms with Crippen molar-refractivity contribution in [3.8, 4) is 0 Å². The van der Waals surface area contributed by atoms with Gasteiger partial charge in [-0.1, -0.05) is 6.58 Å². The Bertz CT molecular complexity index is 526. The molecular weight excluding hydrogens is 220 g/mol. The van der Waals surface area contributed by atoms with Gasteiger partial charge in [-0.25, -0.2) is 0 Å². The van der Waals surface area contributed by atoms with Crippen LogP contribution in [0.3, 0.4) is 0 Å². The zero-order chi connectivity index (χ0) is 12.3. The highest BCUT2D eigenvalue weighted by molar-refractivity contribution is 5.91. The molecule has 0 radical (unpaired) electrons. The van der Waals surface area contributed by atoms with E-state index in [1.807, 2.05) is 13.0 Å². The largest absolute Gasteiger partial charge is 0.460 e. The third-order valence-corrected chi connectivity index (χ3v) is 2.11. The Morgan fingerprint density at radius 3 is 2.65 bits per heavy atom. The van der Waals surface area contributed by atoms with Crippen LogP contribution in [-0.4, -0.2) is 5.91 Å². The van der Waals surface area contributed by atoms with E-state index in [1.165, 1.54) is 6.26 Å². The van der Waals surface area contributed by atoms with E-state index in [9.17, 15) is 4.79 Å². The highest BCUT2D eigenvalue weighted by atomic mass is 16.3. The molecule has 5 nitrogen and oxygen atoms in total. The van der Waals surface area contributed by atoms with Crippen molar-refractivity contribution in [1.29, 1.82) is 0 Å². The van der Waals surface area contributed by atoms with Crippen LogP contribution in [0.15, 0.2) is 45.9 Å². The fraction of sp³-hybridized carbons (Fsp3) is 0.0833. The van der Waals surface area contributed by atoms with E-state index in [-0.39, 0.29) is 11.7 Å². The standard InChI is InChI=1S/C12H12N2O3/c1-8-5-6-10(17-8)9(2)13-14-12(15)11-4-3-7-16-11/h3-7,13H,2H2,1H3,(H,14,15). The average molecular weight is 232 g/mol. The lowest BCUT2D eigenvalue weighted by Gasteiger charge is -2.07. The van der Waals surface area contributed by atoms with Gasteiger partial charge < -0.3 is 8.83 Å². The van der Waals surface area contributed by atoms with Crippen LogP contribution in [0, 0.1) is 6.92 Å². The van der Waals surface area contributed by atoms with Gasteiger partial charge in [-0.15, -0.1) is 0 Å². The van der Waals surface area contributed by atoms with Crippen molar-refractivity contribution in [2.45, 2.75) is 6.92 Å². The fourth-order valence-electron chi connectivity index (χ4n) is 1.26. The summed E-state index contributed by atoms with van der Waals surface area (Å²) in [5.74, 6) is 1.20. The summed E-state index contributed by atoms with van der Waals surface area (Å²) in [5, 5.41) is 0. The van der Waals surface area contributed by atoms with E-state index in [2.05, 4.69) is 17.4 Å². The van der Waals surface area contributed by atoms with Gasteiger partial charge in [-0.3, -0.25) is 15.6 Å². The molecule has 0 fully saturated rings. The predicted molar refractivity (Wildman–Crippen MR) is 61.8 cm³/mol. The predicted octanol–water partition coefficient (Wildman–Crippen LogP) is 2.09. The number of hydrogen-bond acceptors (Lipinski definition) is 4. The lowest BCUT2D eigenvalue weighted by atomic mass is 10.4. The zero-order valence-corrected chi connectivity index (χ0v) is 9.32. The second kappa shape index (κ2) is 4.61. The quantitative estimate of drug-likeness (QED) is 0.792. The molecule has 0 aliphatic heterocycles. The molecule has 2 rings (SSSR count). The third-order valence-electron chi connectivity index (χ3n) is 2.11. The smallest absolute Gasteiger partial charge is 0.305 e. The van der Waals surface area contributed by atoms with Crippen LogP contribution in [0.4, 0.5) is 0 Å². The molecule has 0 spiro atoms. The molecule has 0 aliphatic carbocycles. The van der Waals surface area contributed by atoms with E-state index in [4.69, 9.17) is 8.83 Å². The number of hydrogen-bond donors (Lipinski definition) is 2.